The Morgan fingerprint density at radius 1 is 0.875 bits per heavy atom. The van der Waals surface area contributed by atoms with E-state index in [0.717, 1.165) is 24.4 Å². The fourth-order valence-electron chi connectivity index (χ4n) is 5.49. The van der Waals surface area contributed by atoms with Gasteiger partial charge in [0.05, 0.1) is 12.7 Å². The first-order chi connectivity index (χ1) is 7.84. The van der Waals surface area contributed by atoms with Gasteiger partial charge in [-0.25, -0.2) is 9.78 Å². The molecule has 1 saturated heterocycles. The van der Waals surface area contributed by atoms with Crippen molar-refractivity contribution in [1.29, 1.82) is 0 Å². The summed E-state index contributed by atoms with van der Waals surface area (Å²) in [5, 5.41) is 0. The second-order valence-corrected chi connectivity index (χ2v) is 6.83. The second-order valence-electron chi connectivity index (χ2n) is 6.83. The van der Waals surface area contributed by atoms with Crippen molar-refractivity contribution in [2.24, 2.45) is 23.2 Å². The van der Waals surface area contributed by atoms with Crippen LogP contribution in [-0.4, -0.2) is 12.7 Å². The van der Waals surface area contributed by atoms with Crippen molar-refractivity contribution in [3.63, 3.8) is 0 Å². The van der Waals surface area contributed by atoms with Crippen LogP contribution in [-0.2, 0) is 9.78 Å². The molecular formula is C14H22O2. The summed E-state index contributed by atoms with van der Waals surface area (Å²) < 4.78 is 0. The van der Waals surface area contributed by atoms with Gasteiger partial charge in [-0.1, -0.05) is 0 Å². The Kier molecular flexibility index (Phi) is 2.14. The molecule has 0 N–H and O–H groups in total. The van der Waals surface area contributed by atoms with Gasteiger partial charge in [-0.2, -0.15) is 0 Å². The molecule has 0 aromatic rings. The summed E-state index contributed by atoms with van der Waals surface area (Å²) >= 11 is 0. The van der Waals surface area contributed by atoms with E-state index in [1.807, 2.05) is 0 Å². The Morgan fingerprint density at radius 2 is 1.50 bits per heavy atom. The molecule has 0 radical (unpaired) electrons. The fourth-order valence-corrected chi connectivity index (χ4v) is 5.49. The normalized spacial score (nSPS) is 55.5. The smallest absolute Gasteiger partial charge is 0.0987 e. The number of rotatable bonds is 1. The Hall–Kier alpha value is -0.0800. The molecule has 4 aliphatic carbocycles. The van der Waals surface area contributed by atoms with Crippen LogP contribution in [0.15, 0.2) is 0 Å². The van der Waals surface area contributed by atoms with Crippen LogP contribution in [0.3, 0.4) is 0 Å². The topological polar surface area (TPSA) is 18.5 Å². The van der Waals surface area contributed by atoms with Crippen molar-refractivity contribution < 1.29 is 9.78 Å². The third kappa shape index (κ3) is 1.39. The Labute approximate surface area is 97.6 Å². The molecule has 1 heterocycles. The average Bonchev–Trinajstić information content (AvgIpc) is 2.28. The molecule has 1 atom stereocenters. The minimum atomic E-state index is 0.426. The van der Waals surface area contributed by atoms with Crippen LogP contribution in [0.2, 0.25) is 0 Å². The van der Waals surface area contributed by atoms with Gasteiger partial charge in [0.15, 0.2) is 0 Å². The van der Waals surface area contributed by atoms with Crippen LogP contribution in [0, 0.1) is 23.2 Å². The van der Waals surface area contributed by atoms with E-state index in [-0.39, 0.29) is 0 Å². The molecule has 2 nitrogen and oxygen atoms in total. The van der Waals surface area contributed by atoms with E-state index in [9.17, 15) is 0 Å². The Bertz CT molecular complexity index is 245. The molecule has 90 valence electrons. The third-order valence-electron chi connectivity index (χ3n) is 5.65. The summed E-state index contributed by atoms with van der Waals surface area (Å²) in [6.45, 7) is 0.808. The first kappa shape index (κ1) is 9.90. The summed E-state index contributed by atoms with van der Waals surface area (Å²) in [5.41, 5.74) is 0.523. The quantitative estimate of drug-likeness (QED) is 0.634. The molecule has 16 heavy (non-hydrogen) atoms. The van der Waals surface area contributed by atoms with Crippen molar-refractivity contribution >= 4 is 0 Å². The van der Waals surface area contributed by atoms with Crippen LogP contribution in [0.5, 0.6) is 0 Å². The van der Waals surface area contributed by atoms with Crippen LogP contribution in [0.4, 0.5) is 0 Å². The molecule has 0 aromatic heterocycles. The molecule has 4 saturated carbocycles. The Balaban J connectivity index is 1.60. The highest BCUT2D eigenvalue weighted by molar-refractivity contribution is 5.04. The fraction of sp³-hybridized carbons (Fsp3) is 1.00. The van der Waals surface area contributed by atoms with Crippen molar-refractivity contribution in [2.45, 2.75) is 57.5 Å². The highest BCUT2D eigenvalue weighted by atomic mass is 17.2. The molecule has 0 aromatic carbocycles. The summed E-state index contributed by atoms with van der Waals surface area (Å²) in [5.74, 6) is 3.07. The second kappa shape index (κ2) is 3.46. The number of hydrogen-bond acceptors (Lipinski definition) is 2. The van der Waals surface area contributed by atoms with Gasteiger partial charge in [0, 0.05) is 5.41 Å². The first-order valence-electron chi connectivity index (χ1n) is 7.12. The molecular weight excluding hydrogens is 200 g/mol. The maximum absolute atomic E-state index is 5.66. The predicted octanol–water partition coefficient (Wildman–Crippen LogP) is 3.31. The third-order valence-corrected chi connectivity index (χ3v) is 5.65. The van der Waals surface area contributed by atoms with Gasteiger partial charge in [-0.15, -0.1) is 0 Å². The number of hydrogen-bond donors (Lipinski definition) is 0. The first-order valence-corrected chi connectivity index (χ1v) is 7.12. The van der Waals surface area contributed by atoms with E-state index < -0.39 is 0 Å². The lowest BCUT2D eigenvalue weighted by Gasteiger charge is -2.59. The molecule has 2 heteroatoms. The van der Waals surface area contributed by atoms with E-state index in [4.69, 9.17) is 9.78 Å². The van der Waals surface area contributed by atoms with Crippen LogP contribution in [0.25, 0.3) is 0 Å². The van der Waals surface area contributed by atoms with Gasteiger partial charge in [0.25, 0.3) is 0 Å². The zero-order chi connectivity index (χ0) is 10.6. The van der Waals surface area contributed by atoms with Crippen LogP contribution in [0.1, 0.15) is 51.4 Å². The minimum Gasteiger partial charge on any atom is -0.236 e. The monoisotopic (exact) mass is 222 g/mol. The van der Waals surface area contributed by atoms with E-state index in [0.29, 0.717) is 11.5 Å². The van der Waals surface area contributed by atoms with Gasteiger partial charge >= 0.3 is 0 Å². The van der Waals surface area contributed by atoms with E-state index in [2.05, 4.69) is 0 Å². The van der Waals surface area contributed by atoms with E-state index in [1.165, 1.54) is 51.4 Å². The van der Waals surface area contributed by atoms with Gasteiger partial charge in [-0.3, -0.25) is 0 Å². The summed E-state index contributed by atoms with van der Waals surface area (Å²) in [7, 11) is 0. The highest BCUT2D eigenvalue weighted by Gasteiger charge is 2.55. The molecule has 1 aliphatic heterocycles. The van der Waals surface area contributed by atoms with E-state index in [1.54, 1.807) is 0 Å². The standard InChI is InChI=1S/C14H22O2/c1-2-13(16-15-3-1)14-7-10-4-11(8-14)6-12(5-10)9-14/h10-13H,1-9H2. The molecule has 5 rings (SSSR count). The SMILES string of the molecule is C1COOC(C23CC4CC(CC(C4)C2)C3)C1. The summed E-state index contributed by atoms with van der Waals surface area (Å²) in [6, 6.07) is 0. The lowest BCUT2D eigenvalue weighted by atomic mass is 9.48. The summed E-state index contributed by atoms with van der Waals surface area (Å²) in [6.07, 6.45) is 11.7. The van der Waals surface area contributed by atoms with Gasteiger partial charge in [-0.05, 0) is 69.1 Å². The van der Waals surface area contributed by atoms with Crippen molar-refractivity contribution in [1.82, 2.24) is 0 Å². The maximum Gasteiger partial charge on any atom is 0.0987 e. The minimum absolute atomic E-state index is 0.426. The lowest BCUT2D eigenvalue weighted by Crippen LogP contribution is -2.53. The van der Waals surface area contributed by atoms with Crippen molar-refractivity contribution in [3.8, 4) is 0 Å². The molecule has 0 amide bonds. The molecule has 5 aliphatic rings. The largest absolute Gasteiger partial charge is 0.236 e. The maximum atomic E-state index is 5.66. The Morgan fingerprint density at radius 3 is 2.00 bits per heavy atom. The van der Waals surface area contributed by atoms with Crippen molar-refractivity contribution in [3.05, 3.63) is 0 Å². The summed E-state index contributed by atoms with van der Waals surface area (Å²) in [4.78, 5) is 10.9. The molecule has 0 spiro atoms. The average molecular weight is 222 g/mol. The lowest BCUT2D eigenvalue weighted by molar-refractivity contribution is -0.374. The van der Waals surface area contributed by atoms with E-state index >= 15 is 0 Å². The van der Waals surface area contributed by atoms with Crippen LogP contribution >= 0.6 is 0 Å². The van der Waals surface area contributed by atoms with Crippen molar-refractivity contribution in [2.75, 3.05) is 6.61 Å². The molecule has 1 unspecified atom stereocenters. The predicted molar refractivity (Wildman–Crippen MR) is 60.7 cm³/mol. The van der Waals surface area contributed by atoms with Gasteiger partial charge in [0.2, 0.25) is 0 Å². The molecule has 5 fully saturated rings. The highest BCUT2D eigenvalue weighted by Crippen LogP contribution is 2.62. The van der Waals surface area contributed by atoms with Gasteiger partial charge < -0.3 is 0 Å². The van der Waals surface area contributed by atoms with Crippen LogP contribution < -0.4 is 0 Å². The molecule has 4 bridgehead atoms. The zero-order valence-corrected chi connectivity index (χ0v) is 9.99. The van der Waals surface area contributed by atoms with Gasteiger partial charge in [0.1, 0.15) is 0 Å². The zero-order valence-electron chi connectivity index (χ0n) is 9.99.